The smallest absolute Gasteiger partial charge is 0.230 e. The summed E-state index contributed by atoms with van der Waals surface area (Å²) >= 11 is 0. The number of hydrogen-bond acceptors (Lipinski definition) is 5. The molecule has 0 spiro atoms. The van der Waals surface area contributed by atoms with Crippen LogP contribution in [-0.2, 0) is 11.2 Å². The highest BCUT2D eigenvalue weighted by molar-refractivity contribution is 5.78. The largest absolute Gasteiger partial charge is 0.487 e. The molecule has 30 heavy (non-hydrogen) atoms. The van der Waals surface area contributed by atoms with Crippen molar-refractivity contribution in [1.29, 1.82) is 0 Å². The summed E-state index contributed by atoms with van der Waals surface area (Å²) in [5.74, 6) is -0.774. The molecule has 2 aromatic carbocycles. The number of carbonyl (C=O) groups excluding carboxylic acids is 1. The molecule has 9 heteroatoms. The number of piperidine rings is 1. The number of likely N-dealkylation sites (tertiary alicyclic amines) is 1. The van der Waals surface area contributed by atoms with Crippen LogP contribution in [0, 0.1) is 11.6 Å². The topological polar surface area (TPSA) is 91.3 Å². The van der Waals surface area contributed by atoms with Crippen molar-refractivity contribution in [2.24, 2.45) is 0 Å². The Morgan fingerprint density at radius 3 is 2.63 bits per heavy atom. The van der Waals surface area contributed by atoms with E-state index in [1.807, 2.05) is 30.3 Å². The van der Waals surface area contributed by atoms with Crippen molar-refractivity contribution < 1.29 is 23.4 Å². The third-order valence-electron chi connectivity index (χ3n) is 4.88. The van der Waals surface area contributed by atoms with Gasteiger partial charge in [0.15, 0.2) is 5.82 Å². The molecular weight excluding hydrogens is 394 g/mol. The number of benzene rings is 2. The Morgan fingerprint density at radius 1 is 1.20 bits per heavy atom. The minimum Gasteiger partial charge on any atom is -0.487 e. The predicted octanol–water partition coefficient (Wildman–Crippen LogP) is 2.33. The summed E-state index contributed by atoms with van der Waals surface area (Å²) in [5, 5.41) is 17.3. The zero-order chi connectivity index (χ0) is 21.1. The van der Waals surface area contributed by atoms with Gasteiger partial charge in [-0.15, -0.1) is 0 Å². The molecule has 1 aliphatic rings. The van der Waals surface area contributed by atoms with E-state index in [0.29, 0.717) is 24.6 Å². The van der Waals surface area contributed by atoms with E-state index in [-0.39, 0.29) is 24.6 Å². The molecule has 4 rings (SSSR count). The van der Waals surface area contributed by atoms with Gasteiger partial charge in [0, 0.05) is 36.7 Å². The van der Waals surface area contributed by atoms with Gasteiger partial charge in [-0.25, -0.2) is 13.8 Å². The van der Waals surface area contributed by atoms with Crippen LogP contribution in [0.25, 0.3) is 11.4 Å². The molecule has 0 aliphatic carbocycles. The fourth-order valence-corrected chi connectivity index (χ4v) is 3.39. The number of aromatic nitrogens is 3. The number of amides is 1. The number of rotatable bonds is 5. The van der Waals surface area contributed by atoms with Crippen molar-refractivity contribution in [1.82, 2.24) is 20.1 Å². The summed E-state index contributed by atoms with van der Waals surface area (Å²) in [6.45, 7) is 0.402. The van der Waals surface area contributed by atoms with E-state index >= 15 is 0 Å². The average molecular weight is 414 g/mol. The van der Waals surface area contributed by atoms with Crippen LogP contribution in [0.3, 0.4) is 0 Å². The Bertz CT molecular complexity index is 1010. The zero-order valence-electron chi connectivity index (χ0n) is 16.0. The lowest BCUT2D eigenvalue weighted by Crippen LogP contribution is -2.51. The van der Waals surface area contributed by atoms with Crippen LogP contribution < -0.4 is 4.74 Å². The number of ether oxygens (including phenoxy) is 1. The molecule has 1 aromatic heterocycles. The Balaban J connectivity index is 1.34. The maximum Gasteiger partial charge on any atom is 0.230 e. The average Bonchev–Trinajstić information content (AvgIpc) is 3.18. The van der Waals surface area contributed by atoms with E-state index in [2.05, 4.69) is 15.2 Å². The van der Waals surface area contributed by atoms with Gasteiger partial charge in [-0.05, 0) is 0 Å². The third-order valence-corrected chi connectivity index (χ3v) is 4.88. The summed E-state index contributed by atoms with van der Waals surface area (Å²) in [7, 11) is 0. The fourth-order valence-electron chi connectivity index (χ4n) is 3.39. The molecule has 2 atom stereocenters. The van der Waals surface area contributed by atoms with Gasteiger partial charge in [0.1, 0.15) is 35.4 Å². The Hall–Kier alpha value is -3.33. The Kier molecular flexibility index (Phi) is 5.71. The monoisotopic (exact) mass is 414 g/mol. The summed E-state index contributed by atoms with van der Waals surface area (Å²) < 4.78 is 32.2. The lowest BCUT2D eigenvalue weighted by Gasteiger charge is -2.35. The summed E-state index contributed by atoms with van der Waals surface area (Å²) in [4.78, 5) is 18.5. The first-order valence-electron chi connectivity index (χ1n) is 9.53. The molecule has 2 N–H and O–H groups in total. The predicted molar refractivity (Wildman–Crippen MR) is 104 cm³/mol. The van der Waals surface area contributed by atoms with E-state index in [1.165, 1.54) is 4.90 Å². The maximum atomic E-state index is 13.3. The highest BCUT2D eigenvalue weighted by atomic mass is 19.1. The summed E-state index contributed by atoms with van der Waals surface area (Å²) in [6, 6.07) is 12.3. The highest BCUT2D eigenvalue weighted by Gasteiger charge is 2.32. The summed E-state index contributed by atoms with van der Waals surface area (Å²) in [5.41, 5.74) is 0.842. The van der Waals surface area contributed by atoms with Crippen LogP contribution >= 0.6 is 0 Å². The van der Waals surface area contributed by atoms with Crippen LogP contribution in [0.4, 0.5) is 8.78 Å². The second kappa shape index (κ2) is 8.58. The number of H-pyrrole nitrogens is 1. The normalized spacial score (nSPS) is 19.0. The molecular formula is C21H20F2N4O3. The van der Waals surface area contributed by atoms with E-state index in [4.69, 9.17) is 4.74 Å². The number of β-amino-alcohol motifs (C(OH)–C–C–N with tert-alkyl or cyclic N) is 1. The standard InChI is InChI=1S/C21H20F2N4O3/c22-14-8-15(23)10-16(9-14)30-18-6-7-27(12-17(18)28)20(29)11-19-24-21(26-25-19)13-4-2-1-3-5-13/h1-5,8-10,17-18,28H,6-7,11-12H2,(H,24,25,26)/t17-,18-/m1/s1. The molecule has 1 saturated heterocycles. The van der Waals surface area contributed by atoms with Crippen LogP contribution in [0.5, 0.6) is 5.75 Å². The molecule has 1 fully saturated rings. The summed E-state index contributed by atoms with van der Waals surface area (Å²) in [6.07, 6.45) is -1.29. The van der Waals surface area contributed by atoms with Gasteiger partial charge in [-0.2, -0.15) is 5.10 Å². The second-order valence-corrected chi connectivity index (χ2v) is 7.11. The number of aliphatic hydroxyl groups excluding tert-OH is 1. The lowest BCUT2D eigenvalue weighted by molar-refractivity contribution is -0.136. The highest BCUT2D eigenvalue weighted by Crippen LogP contribution is 2.22. The molecule has 2 heterocycles. The van der Waals surface area contributed by atoms with Gasteiger partial charge in [-0.1, -0.05) is 30.3 Å². The Labute approximate surface area is 171 Å². The quantitative estimate of drug-likeness (QED) is 0.669. The van der Waals surface area contributed by atoms with Crippen molar-refractivity contribution in [2.45, 2.75) is 25.0 Å². The lowest BCUT2D eigenvalue weighted by atomic mass is 10.0. The van der Waals surface area contributed by atoms with Crippen molar-refractivity contribution in [3.63, 3.8) is 0 Å². The van der Waals surface area contributed by atoms with Gasteiger partial charge in [-0.3, -0.25) is 9.89 Å². The van der Waals surface area contributed by atoms with Gasteiger partial charge in [0.05, 0.1) is 13.0 Å². The number of aromatic amines is 1. The van der Waals surface area contributed by atoms with Crippen molar-refractivity contribution >= 4 is 5.91 Å². The van der Waals surface area contributed by atoms with E-state index in [9.17, 15) is 18.7 Å². The van der Waals surface area contributed by atoms with Gasteiger partial charge in [0.2, 0.25) is 5.91 Å². The SMILES string of the molecule is O=C(Cc1nc(-c2ccccc2)n[nH]1)N1CC[C@@H](Oc2cc(F)cc(F)c2)[C@H](O)C1. The molecule has 0 bridgehead atoms. The number of nitrogens with zero attached hydrogens (tertiary/aromatic N) is 3. The van der Waals surface area contributed by atoms with Crippen molar-refractivity contribution in [3.8, 4) is 17.1 Å². The second-order valence-electron chi connectivity index (χ2n) is 7.11. The van der Waals surface area contributed by atoms with Gasteiger partial charge < -0.3 is 14.7 Å². The van der Waals surface area contributed by atoms with Gasteiger partial charge >= 0.3 is 0 Å². The van der Waals surface area contributed by atoms with Crippen molar-refractivity contribution in [3.05, 3.63) is 66.0 Å². The van der Waals surface area contributed by atoms with Crippen LogP contribution in [-0.4, -0.2) is 56.4 Å². The number of aliphatic hydroxyl groups is 1. The molecule has 1 amide bonds. The minimum atomic E-state index is -0.983. The van der Waals surface area contributed by atoms with E-state index in [0.717, 1.165) is 23.8 Å². The maximum absolute atomic E-state index is 13.3. The number of halogens is 2. The number of carbonyl (C=O) groups is 1. The van der Waals surface area contributed by atoms with Crippen LogP contribution in [0.1, 0.15) is 12.2 Å². The molecule has 1 aliphatic heterocycles. The molecule has 156 valence electrons. The molecule has 0 saturated carbocycles. The van der Waals surface area contributed by atoms with Crippen LogP contribution in [0.15, 0.2) is 48.5 Å². The van der Waals surface area contributed by atoms with Crippen LogP contribution in [0.2, 0.25) is 0 Å². The molecule has 3 aromatic rings. The van der Waals surface area contributed by atoms with E-state index in [1.54, 1.807) is 0 Å². The molecule has 0 radical (unpaired) electrons. The third kappa shape index (κ3) is 4.62. The number of nitrogens with one attached hydrogen (secondary N) is 1. The minimum absolute atomic E-state index is 0.00595. The Morgan fingerprint density at radius 2 is 1.93 bits per heavy atom. The van der Waals surface area contributed by atoms with Gasteiger partial charge in [0.25, 0.3) is 0 Å². The first-order chi connectivity index (χ1) is 14.5. The first kappa shape index (κ1) is 20.0. The fraction of sp³-hybridized carbons (Fsp3) is 0.286. The molecule has 0 unspecified atom stereocenters. The first-order valence-corrected chi connectivity index (χ1v) is 9.53. The van der Waals surface area contributed by atoms with E-state index < -0.39 is 23.8 Å². The molecule has 7 nitrogen and oxygen atoms in total. The number of hydrogen-bond donors (Lipinski definition) is 2. The van der Waals surface area contributed by atoms with Crippen molar-refractivity contribution in [2.75, 3.05) is 13.1 Å². The zero-order valence-corrected chi connectivity index (χ0v) is 16.0.